The van der Waals surface area contributed by atoms with E-state index >= 15 is 0 Å². The van der Waals surface area contributed by atoms with E-state index in [1.165, 1.54) is 12.1 Å². The molecule has 0 aliphatic heterocycles. The fourth-order valence-corrected chi connectivity index (χ4v) is 1.70. The van der Waals surface area contributed by atoms with E-state index in [1.54, 1.807) is 24.4 Å². The zero-order chi connectivity index (χ0) is 13.8. The maximum atomic E-state index is 13.2. The minimum Gasteiger partial charge on any atom is -0.478 e. The SMILES string of the molecule is O=C(O)c1cc(NC(=S)c2ccccn2)ccc1F. The van der Waals surface area contributed by atoms with Crippen LogP contribution in [0.25, 0.3) is 0 Å². The summed E-state index contributed by atoms with van der Waals surface area (Å²) in [5.74, 6) is -2.12. The number of aromatic carboxylic acids is 1. The first kappa shape index (κ1) is 13.1. The molecule has 0 unspecified atom stereocenters. The van der Waals surface area contributed by atoms with Crippen molar-refractivity contribution in [1.29, 1.82) is 0 Å². The Labute approximate surface area is 113 Å². The first-order chi connectivity index (χ1) is 9.08. The van der Waals surface area contributed by atoms with Crippen LogP contribution in [0.2, 0.25) is 0 Å². The highest BCUT2D eigenvalue weighted by Gasteiger charge is 2.11. The van der Waals surface area contributed by atoms with Gasteiger partial charge in [0.15, 0.2) is 0 Å². The van der Waals surface area contributed by atoms with Crippen LogP contribution in [0.15, 0.2) is 42.6 Å². The predicted molar refractivity (Wildman–Crippen MR) is 72.9 cm³/mol. The Morgan fingerprint density at radius 3 is 2.74 bits per heavy atom. The molecule has 4 nitrogen and oxygen atoms in total. The molecule has 0 bridgehead atoms. The molecule has 0 radical (unpaired) electrons. The van der Waals surface area contributed by atoms with E-state index < -0.39 is 17.3 Å². The van der Waals surface area contributed by atoms with Gasteiger partial charge < -0.3 is 10.4 Å². The standard InChI is InChI=1S/C13H9FN2O2S/c14-10-5-4-8(7-9(10)13(17)18)16-12(19)11-3-1-2-6-15-11/h1-7H,(H,16,19)(H,17,18). The molecule has 2 rings (SSSR count). The number of pyridine rings is 1. The van der Waals surface area contributed by atoms with Crippen LogP contribution in [0.1, 0.15) is 16.1 Å². The average molecular weight is 276 g/mol. The van der Waals surface area contributed by atoms with Crippen molar-refractivity contribution in [3.05, 3.63) is 59.7 Å². The Morgan fingerprint density at radius 1 is 1.32 bits per heavy atom. The number of carboxylic acid groups (broad SMARTS) is 1. The van der Waals surface area contributed by atoms with Crippen LogP contribution in [0.3, 0.4) is 0 Å². The Kier molecular flexibility index (Phi) is 3.82. The van der Waals surface area contributed by atoms with Crippen molar-refractivity contribution >= 4 is 28.9 Å². The number of nitrogens with zero attached hydrogens (tertiary/aromatic N) is 1. The highest BCUT2D eigenvalue weighted by Crippen LogP contribution is 2.15. The van der Waals surface area contributed by atoms with E-state index in [0.29, 0.717) is 16.4 Å². The Morgan fingerprint density at radius 2 is 2.11 bits per heavy atom. The molecule has 0 saturated heterocycles. The molecule has 0 aliphatic rings. The monoisotopic (exact) mass is 276 g/mol. The number of hydrogen-bond acceptors (Lipinski definition) is 3. The fraction of sp³-hybridized carbons (Fsp3) is 0. The summed E-state index contributed by atoms with van der Waals surface area (Å²) >= 11 is 5.13. The van der Waals surface area contributed by atoms with E-state index in [-0.39, 0.29) is 0 Å². The average Bonchev–Trinajstić information content (AvgIpc) is 2.41. The van der Waals surface area contributed by atoms with Crippen molar-refractivity contribution in [2.45, 2.75) is 0 Å². The van der Waals surface area contributed by atoms with Gasteiger partial charge in [0.25, 0.3) is 0 Å². The number of aromatic nitrogens is 1. The fourth-order valence-electron chi connectivity index (χ4n) is 1.46. The summed E-state index contributed by atoms with van der Waals surface area (Å²) in [7, 11) is 0. The highest BCUT2D eigenvalue weighted by molar-refractivity contribution is 7.81. The summed E-state index contributed by atoms with van der Waals surface area (Å²) in [6.45, 7) is 0. The maximum absolute atomic E-state index is 13.2. The number of carbonyl (C=O) groups is 1. The largest absolute Gasteiger partial charge is 0.478 e. The lowest BCUT2D eigenvalue weighted by Crippen LogP contribution is -2.13. The molecule has 0 saturated carbocycles. The summed E-state index contributed by atoms with van der Waals surface area (Å²) in [6, 6.07) is 8.93. The third-order valence-corrected chi connectivity index (χ3v) is 2.66. The van der Waals surface area contributed by atoms with Crippen LogP contribution >= 0.6 is 12.2 Å². The number of nitrogens with one attached hydrogen (secondary N) is 1. The van der Waals surface area contributed by atoms with E-state index in [2.05, 4.69) is 10.3 Å². The summed E-state index contributed by atoms with van der Waals surface area (Å²) in [5.41, 5.74) is 0.543. The normalized spacial score (nSPS) is 9.95. The molecular weight excluding hydrogens is 267 g/mol. The van der Waals surface area contributed by atoms with Crippen LogP contribution in [-0.4, -0.2) is 21.0 Å². The van der Waals surface area contributed by atoms with Crippen molar-refractivity contribution in [3.63, 3.8) is 0 Å². The Hall–Kier alpha value is -2.34. The first-order valence-corrected chi connectivity index (χ1v) is 5.74. The molecule has 2 N–H and O–H groups in total. The third-order valence-electron chi connectivity index (χ3n) is 2.35. The zero-order valence-electron chi connectivity index (χ0n) is 9.63. The number of rotatable bonds is 3. The van der Waals surface area contributed by atoms with Crippen LogP contribution in [0.4, 0.5) is 10.1 Å². The Bertz CT molecular complexity index is 632. The van der Waals surface area contributed by atoms with Gasteiger partial charge in [0.1, 0.15) is 10.8 Å². The molecule has 19 heavy (non-hydrogen) atoms. The number of benzene rings is 1. The molecule has 1 heterocycles. The van der Waals surface area contributed by atoms with Crippen molar-refractivity contribution in [1.82, 2.24) is 4.98 Å². The zero-order valence-corrected chi connectivity index (χ0v) is 10.4. The minimum absolute atomic E-state index is 0.337. The maximum Gasteiger partial charge on any atom is 0.338 e. The number of thiocarbonyl (C=S) groups is 1. The lowest BCUT2D eigenvalue weighted by molar-refractivity contribution is 0.0692. The number of carboxylic acids is 1. The van der Waals surface area contributed by atoms with Gasteiger partial charge in [-0.3, -0.25) is 4.98 Å². The molecule has 6 heteroatoms. The van der Waals surface area contributed by atoms with Gasteiger partial charge in [-0.15, -0.1) is 0 Å². The lowest BCUT2D eigenvalue weighted by atomic mass is 10.2. The third kappa shape index (κ3) is 3.11. The van der Waals surface area contributed by atoms with Gasteiger partial charge in [0.2, 0.25) is 0 Å². The summed E-state index contributed by atoms with van der Waals surface area (Å²) < 4.78 is 13.2. The molecular formula is C13H9FN2O2S. The summed E-state index contributed by atoms with van der Waals surface area (Å²) in [5, 5.41) is 11.6. The van der Waals surface area contributed by atoms with Gasteiger partial charge in [0.05, 0.1) is 11.3 Å². The van der Waals surface area contributed by atoms with Gasteiger partial charge >= 0.3 is 5.97 Å². The number of hydrogen-bond donors (Lipinski definition) is 2. The van der Waals surface area contributed by atoms with Gasteiger partial charge in [-0.1, -0.05) is 18.3 Å². The quantitative estimate of drug-likeness (QED) is 0.844. The second kappa shape index (κ2) is 5.53. The number of anilines is 1. The van der Waals surface area contributed by atoms with Gasteiger partial charge in [0, 0.05) is 11.9 Å². The molecule has 0 aliphatic carbocycles. The van der Waals surface area contributed by atoms with E-state index in [1.807, 2.05) is 0 Å². The van der Waals surface area contributed by atoms with Crippen molar-refractivity contribution in [3.8, 4) is 0 Å². The highest BCUT2D eigenvalue weighted by atomic mass is 32.1. The van der Waals surface area contributed by atoms with Gasteiger partial charge in [-0.05, 0) is 30.3 Å². The Balaban J connectivity index is 2.23. The molecule has 0 fully saturated rings. The topological polar surface area (TPSA) is 62.2 Å². The van der Waals surface area contributed by atoms with Crippen LogP contribution < -0.4 is 5.32 Å². The molecule has 2 aromatic rings. The van der Waals surface area contributed by atoms with Gasteiger partial charge in [-0.2, -0.15) is 0 Å². The lowest BCUT2D eigenvalue weighted by Gasteiger charge is -2.08. The molecule has 1 aromatic carbocycles. The van der Waals surface area contributed by atoms with E-state index in [4.69, 9.17) is 17.3 Å². The number of halogens is 1. The molecule has 0 spiro atoms. The van der Waals surface area contributed by atoms with Crippen molar-refractivity contribution in [2.75, 3.05) is 5.32 Å². The van der Waals surface area contributed by atoms with Crippen molar-refractivity contribution < 1.29 is 14.3 Å². The smallest absolute Gasteiger partial charge is 0.338 e. The minimum atomic E-state index is -1.33. The molecule has 0 atom stereocenters. The summed E-state index contributed by atoms with van der Waals surface area (Å²) in [6.07, 6.45) is 1.59. The second-order valence-electron chi connectivity index (χ2n) is 3.67. The van der Waals surface area contributed by atoms with E-state index in [9.17, 15) is 9.18 Å². The van der Waals surface area contributed by atoms with Crippen molar-refractivity contribution in [2.24, 2.45) is 0 Å². The van der Waals surface area contributed by atoms with Crippen LogP contribution in [0, 0.1) is 5.82 Å². The molecule has 96 valence electrons. The molecule has 1 aromatic heterocycles. The van der Waals surface area contributed by atoms with Crippen LogP contribution in [-0.2, 0) is 0 Å². The van der Waals surface area contributed by atoms with E-state index in [0.717, 1.165) is 6.07 Å². The molecule has 0 amide bonds. The van der Waals surface area contributed by atoms with Crippen LogP contribution in [0.5, 0.6) is 0 Å². The predicted octanol–water partition coefficient (Wildman–Crippen LogP) is 2.71. The first-order valence-electron chi connectivity index (χ1n) is 5.33. The van der Waals surface area contributed by atoms with Gasteiger partial charge in [-0.25, -0.2) is 9.18 Å². The second-order valence-corrected chi connectivity index (χ2v) is 4.08. The summed E-state index contributed by atoms with van der Waals surface area (Å²) in [4.78, 5) is 15.2.